The van der Waals surface area contributed by atoms with Crippen molar-refractivity contribution in [3.05, 3.63) is 50.2 Å². The molecule has 2 aromatic rings. The van der Waals surface area contributed by atoms with Crippen molar-refractivity contribution >= 4 is 35.4 Å². The molecule has 1 spiro atoms. The molecule has 0 unspecified atom stereocenters. The van der Waals surface area contributed by atoms with Gasteiger partial charge in [0.25, 0.3) is 5.56 Å². The van der Waals surface area contributed by atoms with E-state index in [0.29, 0.717) is 24.3 Å². The van der Waals surface area contributed by atoms with E-state index < -0.39 is 46.4 Å². The largest absolute Gasteiger partial charge is 0.494 e. The Hall–Kier alpha value is -4.26. The molecule has 5 rings (SSSR count). The predicted octanol–water partition coefficient (Wildman–Crippen LogP) is -1.04. The van der Waals surface area contributed by atoms with Crippen LogP contribution in [0.2, 0.25) is 0 Å². The zero-order chi connectivity index (χ0) is 26.6. The number of urea groups is 1. The summed E-state index contributed by atoms with van der Waals surface area (Å²) in [5, 5.41) is 14.9. The molecule has 3 aliphatic rings. The summed E-state index contributed by atoms with van der Waals surface area (Å²) in [6.45, 7) is 4.61. The number of piperazine rings is 1. The Labute approximate surface area is 211 Å². The number of hydrogen-bond acceptors (Lipinski definition) is 9. The maximum atomic E-state index is 13.3. The number of likely N-dealkylation sites (N-methyl/N-ethyl adjacent to an activating group) is 1. The van der Waals surface area contributed by atoms with Gasteiger partial charge in [-0.15, -0.1) is 0 Å². The summed E-state index contributed by atoms with van der Waals surface area (Å²) in [4.78, 5) is 71.4. The summed E-state index contributed by atoms with van der Waals surface area (Å²) in [6.07, 6.45) is 1.24. The zero-order valence-electron chi connectivity index (χ0n) is 20.6. The van der Waals surface area contributed by atoms with Gasteiger partial charge in [0, 0.05) is 45.6 Å². The van der Waals surface area contributed by atoms with Crippen LogP contribution in [0.3, 0.4) is 0 Å². The van der Waals surface area contributed by atoms with Gasteiger partial charge in [-0.1, -0.05) is 6.92 Å². The van der Waals surface area contributed by atoms with Gasteiger partial charge in [-0.05, 0) is 36.7 Å². The van der Waals surface area contributed by atoms with Gasteiger partial charge in [0.2, 0.25) is 17.7 Å². The van der Waals surface area contributed by atoms with Gasteiger partial charge in [0.1, 0.15) is 5.56 Å². The number of carbonyl (C=O) groups is 3. The summed E-state index contributed by atoms with van der Waals surface area (Å²) >= 11 is 0. The molecule has 1 atom stereocenters. The van der Waals surface area contributed by atoms with E-state index in [1.807, 2.05) is 17.9 Å². The Morgan fingerprint density at radius 2 is 1.78 bits per heavy atom. The third kappa shape index (κ3) is 3.65. The van der Waals surface area contributed by atoms with E-state index in [1.165, 1.54) is 20.3 Å². The number of fused-ring (bicyclic) bond motifs is 4. The van der Waals surface area contributed by atoms with Gasteiger partial charge in [-0.25, -0.2) is 9.59 Å². The molecule has 13 heteroatoms. The lowest BCUT2D eigenvalue weighted by atomic mass is 9.68. The number of rotatable bonds is 3. The number of nitrogens with zero attached hydrogens (tertiary/aromatic N) is 5. The molecule has 194 valence electrons. The second-order valence-corrected chi connectivity index (χ2v) is 9.50. The van der Waals surface area contributed by atoms with E-state index in [-0.39, 0.29) is 12.0 Å². The summed E-state index contributed by atoms with van der Waals surface area (Å²) in [5.74, 6) is -1.77. The van der Waals surface area contributed by atoms with Crippen LogP contribution < -0.4 is 26.8 Å². The highest BCUT2D eigenvalue weighted by molar-refractivity contribution is 6.20. The van der Waals surface area contributed by atoms with Gasteiger partial charge in [-0.2, -0.15) is 0 Å². The van der Waals surface area contributed by atoms with Crippen molar-refractivity contribution in [2.75, 3.05) is 31.1 Å². The van der Waals surface area contributed by atoms with Gasteiger partial charge in [-0.3, -0.25) is 44.0 Å². The van der Waals surface area contributed by atoms with Crippen LogP contribution in [0, 0.1) is 5.41 Å². The Bertz CT molecular complexity index is 1470. The maximum absolute atomic E-state index is 13.3. The number of aliphatic imine (C=N–C) groups is 1. The first-order valence-electron chi connectivity index (χ1n) is 11.9. The highest BCUT2D eigenvalue weighted by atomic mass is 16.3. The van der Waals surface area contributed by atoms with E-state index in [9.17, 15) is 29.1 Å². The standard InChI is InChI=1S/C24H27N7O6/c1-4-30-7-8-31-16-6-5-14(25-11-15-18(32)28(2)23(37)29(3)19(15)33)9-13(16)10-24(17(31)12-30)20(34)26-22(36)27-21(24)35/h5-6,9,11,17,32H,4,7-8,10,12H2,1-3H3,(H2,26,27,34,35,36)/t17-/m1/s1. The lowest BCUT2D eigenvalue weighted by Crippen LogP contribution is -2.74. The topological polar surface area (TPSA) is 158 Å². The van der Waals surface area contributed by atoms with Crippen LogP contribution in [0.4, 0.5) is 16.2 Å². The molecule has 13 nitrogen and oxygen atoms in total. The quantitative estimate of drug-likeness (QED) is 0.350. The average Bonchev–Trinajstić information content (AvgIpc) is 2.88. The van der Waals surface area contributed by atoms with E-state index in [2.05, 4.69) is 20.5 Å². The minimum atomic E-state index is -1.51. The molecule has 0 radical (unpaired) electrons. The monoisotopic (exact) mass is 509 g/mol. The van der Waals surface area contributed by atoms with Crippen molar-refractivity contribution in [1.82, 2.24) is 24.7 Å². The Kier molecular flexibility index (Phi) is 5.74. The maximum Gasteiger partial charge on any atom is 0.333 e. The van der Waals surface area contributed by atoms with E-state index in [4.69, 9.17) is 0 Å². The Morgan fingerprint density at radius 3 is 2.46 bits per heavy atom. The molecule has 4 heterocycles. The van der Waals surface area contributed by atoms with Crippen LogP contribution in [-0.2, 0) is 30.1 Å². The summed E-state index contributed by atoms with van der Waals surface area (Å²) < 4.78 is 1.81. The van der Waals surface area contributed by atoms with E-state index in [0.717, 1.165) is 27.9 Å². The highest BCUT2D eigenvalue weighted by Crippen LogP contribution is 2.45. The molecule has 2 saturated heterocycles. The Morgan fingerprint density at radius 1 is 1.08 bits per heavy atom. The molecule has 37 heavy (non-hydrogen) atoms. The third-order valence-corrected chi connectivity index (χ3v) is 7.60. The first kappa shape index (κ1) is 24.4. The molecular formula is C24H27N7O6. The lowest BCUT2D eigenvalue weighted by molar-refractivity contribution is -0.147. The summed E-state index contributed by atoms with van der Waals surface area (Å²) in [5.41, 5.74) is -1.06. The minimum Gasteiger partial charge on any atom is -0.494 e. The number of anilines is 1. The van der Waals surface area contributed by atoms with Gasteiger partial charge in [0.05, 0.1) is 11.7 Å². The number of imide groups is 2. The first-order chi connectivity index (χ1) is 17.6. The van der Waals surface area contributed by atoms with Gasteiger partial charge >= 0.3 is 11.7 Å². The fourth-order valence-electron chi connectivity index (χ4n) is 5.47. The minimum absolute atomic E-state index is 0.0578. The fraction of sp³-hybridized carbons (Fsp3) is 0.417. The average molecular weight is 510 g/mol. The van der Waals surface area contributed by atoms with Crippen molar-refractivity contribution in [3.63, 3.8) is 0 Å². The van der Waals surface area contributed by atoms with Crippen molar-refractivity contribution in [3.8, 4) is 5.88 Å². The summed E-state index contributed by atoms with van der Waals surface area (Å²) in [7, 11) is 2.64. The van der Waals surface area contributed by atoms with Crippen LogP contribution in [0.5, 0.6) is 5.88 Å². The van der Waals surface area contributed by atoms with Gasteiger partial charge in [0.15, 0.2) is 5.41 Å². The molecule has 0 bridgehead atoms. The van der Waals surface area contributed by atoms with Crippen molar-refractivity contribution in [1.29, 1.82) is 0 Å². The molecule has 0 aliphatic carbocycles. The van der Waals surface area contributed by atoms with Crippen molar-refractivity contribution < 1.29 is 19.5 Å². The Balaban J connectivity index is 1.58. The SMILES string of the molecule is CCN1CCN2c3ccc(N=Cc4c(O)n(C)c(=O)n(C)c4=O)cc3CC3(C(=O)NC(=O)NC3=O)[C@H]2C1. The predicted molar refractivity (Wildman–Crippen MR) is 133 cm³/mol. The lowest BCUT2D eigenvalue weighted by Gasteiger charge is -2.54. The fourth-order valence-corrected chi connectivity index (χ4v) is 5.47. The van der Waals surface area contributed by atoms with Crippen molar-refractivity contribution in [2.45, 2.75) is 19.4 Å². The summed E-state index contributed by atoms with van der Waals surface area (Å²) in [6, 6.07) is 4.01. The zero-order valence-corrected chi connectivity index (χ0v) is 20.6. The molecule has 4 amide bonds. The number of hydrogen-bond donors (Lipinski definition) is 3. The van der Waals surface area contributed by atoms with Crippen LogP contribution in [-0.4, -0.2) is 75.4 Å². The molecule has 1 aromatic carbocycles. The van der Waals surface area contributed by atoms with Crippen LogP contribution in [0.25, 0.3) is 0 Å². The number of amides is 4. The molecular weight excluding hydrogens is 482 g/mol. The number of barbiturate groups is 1. The van der Waals surface area contributed by atoms with Crippen LogP contribution in [0.1, 0.15) is 18.1 Å². The van der Waals surface area contributed by atoms with E-state index in [1.54, 1.807) is 12.1 Å². The van der Waals surface area contributed by atoms with Crippen LogP contribution >= 0.6 is 0 Å². The number of aromatic hydroxyl groups is 1. The number of carbonyl (C=O) groups excluding carboxylic acids is 3. The normalized spacial score (nSPS) is 21.1. The molecule has 3 aliphatic heterocycles. The van der Waals surface area contributed by atoms with E-state index >= 15 is 0 Å². The molecule has 3 N–H and O–H groups in total. The highest BCUT2D eigenvalue weighted by Gasteiger charge is 2.60. The smallest absolute Gasteiger partial charge is 0.333 e. The first-order valence-corrected chi connectivity index (χ1v) is 11.9. The second kappa shape index (κ2) is 8.69. The van der Waals surface area contributed by atoms with Crippen LogP contribution in [0.15, 0.2) is 32.8 Å². The number of benzene rings is 1. The van der Waals surface area contributed by atoms with Gasteiger partial charge < -0.3 is 10.0 Å². The number of nitrogens with one attached hydrogen (secondary N) is 2. The van der Waals surface area contributed by atoms with Crippen molar-refractivity contribution in [2.24, 2.45) is 24.5 Å². The molecule has 0 saturated carbocycles. The second-order valence-electron chi connectivity index (χ2n) is 9.50. The molecule has 1 aromatic heterocycles. The third-order valence-electron chi connectivity index (χ3n) is 7.60. The number of aromatic nitrogens is 2. The molecule has 2 fully saturated rings.